The molecular formula is C28H24N4O2. The number of anilines is 2. The maximum absolute atomic E-state index is 13.1. The van der Waals surface area contributed by atoms with Gasteiger partial charge >= 0.3 is 0 Å². The largest absolute Gasteiger partial charge is 0.341 e. The molecule has 34 heavy (non-hydrogen) atoms. The normalized spacial score (nSPS) is 11.1. The molecule has 0 fully saturated rings. The number of nitrogens with zero attached hydrogens (tertiary/aromatic N) is 2. The van der Waals surface area contributed by atoms with Crippen LogP contribution in [0.15, 0.2) is 115 Å². The Labute approximate surface area is 197 Å². The van der Waals surface area contributed by atoms with E-state index >= 15 is 0 Å². The third-order valence-electron chi connectivity index (χ3n) is 5.23. The quantitative estimate of drug-likeness (QED) is 0.360. The number of nitrogens with one attached hydrogen (secondary N) is 2. The Morgan fingerprint density at radius 1 is 0.971 bits per heavy atom. The fraction of sp³-hybridized carbons (Fsp3) is 0.0357. The molecule has 0 bridgehead atoms. The Bertz CT molecular complexity index is 1470. The number of fused-ring (bicyclic) bond motifs is 1. The minimum Gasteiger partial charge on any atom is -0.341 e. The smallest absolute Gasteiger partial charge is 0.274 e. The fourth-order valence-electron chi connectivity index (χ4n) is 3.70. The van der Waals surface area contributed by atoms with E-state index in [-0.39, 0.29) is 17.0 Å². The van der Waals surface area contributed by atoms with Crippen molar-refractivity contribution in [1.82, 2.24) is 9.55 Å². The van der Waals surface area contributed by atoms with Crippen molar-refractivity contribution in [2.45, 2.75) is 6.92 Å². The van der Waals surface area contributed by atoms with Gasteiger partial charge in [-0.25, -0.2) is 4.98 Å². The van der Waals surface area contributed by atoms with Crippen LogP contribution in [0, 0.1) is 6.92 Å². The van der Waals surface area contributed by atoms with Crippen molar-refractivity contribution in [2.75, 3.05) is 10.6 Å². The first-order valence-electron chi connectivity index (χ1n) is 10.7. The van der Waals surface area contributed by atoms with Crippen molar-refractivity contribution in [2.24, 2.45) is 0 Å². The minimum atomic E-state index is -0.361. The van der Waals surface area contributed by atoms with E-state index in [1.807, 2.05) is 53.1 Å². The summed E-state index contributed by atoms with van der Waals surface area (Å²) < 4.78 is 1.82. The highest BCUT2D eigenvalue weighted by Crippen LogP contribution is 2.25. The summed E-state index contributed by atoms with van der Waals surface area (Å²) in [5.41, 5.74) is 3.15. The predicted octanol–water partition coefficient (Wildman–Crippen LogP) is 5.61. The first kappa shape index (κ1) is 22.5. The average molecular weight is 449 g/mol. The molecule has 0 unspecified atom stereocenters. The second-order valence-corrected chi connectivity index (χ2v) is 7.59. The molecule has 0 atom stereocenters. The number of aryl methyl sites for hydroxylation is 1. The van der Waals surface area contributed by atoms with Crippen LogP contribution in [0.4, 0.5) is 11.5 Å². The number of aromatic nitrogens is 2. The second kappa shape index (κ2) is 9.83. The Morgan fingerprint density at radius 3 is 2.29 bits per heavy atom. The van der Waals surface area contributed by atoms with Crippen LogP contribution in [-0.2, 0) is 0 Å². The number of benzene rings is 2. The summed E-state index contributed by atoms with van der Waals surface area (Å²) in [6, 6.07) is 21.8. The lowest BCUT2D eigenvalue weighted by molar-refractivity contribution is 0.102. The summed E-state index contributed by atoms with van der Waals surface area (Å²) in [4.78, 5) is 30.8. The SMILES string of the molecule is C=C/C=C(\C=C)Nc1cc(=O)c2c(C)cc(C(=O)Nc3ccccc3)nc2n1-c1ccccc1. The van der Waals surface area contributed by atoms with Crippen molar-refractivity contribution in [3.05, 3.63) is 131 Å². The zero-order valence-electron chi connectivity index (χ0n) is 18.8. The highest BCUT2D eigenvalue weighted by Gasteiger charge is 2.18. The van der Waals surface area contributed by atoms with Crippen LogP contribution in [0.5, 0.6) is 0 Å². The fourth-order valence-corrected chi connectivity index (χ4v) is 3.70. The van der Waals surface area contributed by atoms with Gasteiger partial charge in [0, 0.05) is 23.1 Å². The molecule has 0 aliphatic carbocycles. The first-order valence-corrected chi connectivity index (χ1v) is 10.7. The zero-order chi connectivity index (χ0) is 24.1. The van der Waals surface area contributed by atoms with Crippen molar-refractivity contribution in [3.8, 4) is 5.69 Å². The number of hydrogen-bond donors (Lipinski definition) is 2. The Balaban J connectivity index is 1.96. The van der Waals surface area contributed by atoms with Crippen LogP contribution < -0.4 is 16.1 Å². The number of allylic oxidation sites excluding steroid dienone is 3. The maximum atomic E-state index is 13.1. The third kappa shape index (κ3) is 4.56. The third-order valence-corrected chi connectivity index (χ3v) is 5.23. The highest BCUT2D eigenvalue weighted by molar-refractivity contribution is 6.04. The molecule has 1 amide bonds. The van der Waals surface area contributed by atoms with Crippen molar-refractivity contribution < 1.29 is 4.79 Å². The molecule has 0 spiro atoms. The lowest BCUT2D eigenvalue weighted by atomic mass is 10.1. The predicted molar refractivity (Wildman–Crippen MR) is 139 cm³/mol. The molecule has 0 aliphatic rings. The van der Waals surface area contributed by atoms with Gasteiger partial charge in [0.25, 0.3) is 5.91 Å². The monoisotopic (exact) mass is 448 g/mol. The first-order chi connectivity index (χ1) is 16.5. The van der Waals surface area contributed by atoms with Crippen LogP contribution in [0.25, 0.3) is 16.7 Å². The topological polar surface area (TPSA) is 76.0 Å². The van der Waals surface area contributed by atoms with Gasteiger partial charge in [0.05, 0.1) is 5.39 Å². The molecule has 4 aromatic rings. The summed E-state index contributed by atoms with van der Waals surface area (Å²) in [7, 11) is 0. The Morgan fingerprint density at radius 2 is 1.65 bits per heavy atom. The molecule has 2 aromatic carbocycles. The molecule has 0 saturated carbocycles. The summed E-state index contributed by atoms with van der Waals surface area (Å²) in [6.45, 7) is 9.35. The van der Waals surface area contributed by atoms with Crippen LogP contribution in [0.1, 0.15) is 16.1 Å². The van der Waals surface area contributed by atoms with E-state index in [4.69, 9.17) is 0 Å². The number of amides is 1. The molecule has 2 aromatic heterocycles. The molecule has 0 saturated heterocycles. The van der Waals surface area contributed by atoms with Gasteiger partial charge in [0.15, 0.2) is 11.1 Å². The van der Waals surface area contributed by atoms with Crippen LogP contribution >= 0.6 is 0 Å². The summed E-state index contributed by atoms with van der Waals surface area (Å²) in [5, 5.41) is 6.53. The van der Waals surface area contributed by atoms with Gasteiger partial charge < -0.3 is 10.6 Å². The van der Waals surface area contributed by atoms with Gasteiger partial charge in [-0.3, -0.25) is 14.2 Å². The van der Waals surface area contributed by atoms with E-state index < -0.39 is 0 Å². The molecular weight excluding hydrogens is 424 g/mol. The molecule has 0 radical (unpaired) electrons. The van der Waals surface area contributed by atoms with Gasteiger partial charge in [0.1, 0.15) is 11.5 Å². The standard InChI is InChI=1S/C28H24N4O2/c1-4-12-20(5-2)29-25-18-24(33)26-19(3)17-23(28(34)30-21-13-8-6-9-14-21)31-27(26)32(25)22-15-10-7-11-16-22/h4-18,29H,1-2H2,3H3,(H,30,34)/b20-12+. The summed E-state index contributed by atoms with van der Waals surface area (Å²) in [6.07, 6.45) is 5.01. The van der Waals surface area contributed by atoms with Gasteiger partial charge in [-0.15, -0.1) is 0 Å². The Hall–Kier alpha value is -4.71. The molecule has 4 rings (SSSR count). The zero-order valence-corrected chi connectivity index (χ0v) is 18.8. The van der Waals surface area contributed by atoms with Gasteiger partial charge in [-0.05, 0) is 55.0 Å². The van der Waals surface area contributed by atoms with Crippen molar-refractivity contribution in [3.63, 3.8) is 0 Å². The molecule has 168 valence electrons. The van der Waals surface area contributed by atoms with Crippen molar-refractivity contribution >= 4 is 28.4 Å². The number of carbonyl (C=O) groups is 1. The van der Waals surface area contributed by atoms with E-state index in [0.29, 0.717) is 33.8 Å². The molecule has 6 heteroatoms. The Kier molecular flexibility index (Phi) is 6.50. The van der Waals surface area contributed by atoms with Crippen molar-refractivity contribution in [1.29, 1.82) is 0 Å². The van der Waals surface area contributed by atoms with E-state index in [1.165, 1.54) is 6.07 Å². The van der Waals surface area contributed by atoms with E-state index in [9.17, 15) is 9.59 Å². The number of para-hydroxylation sites is 2. The minimum absolute atomic E-state index is 0.202. The number of hydrogen-bond acceptors (Lipinski definition) is 4. The van der Waals surface area contributed by atoms with E-state index in [2.05, 4.69) is 28.8 Å². The van der Waals surface area contributed by atoms with Crippen LogP contribution in [0.3, 0.4) is 0 Å². The van der Waals surface area contributed by atoms with E-state index in [1.54, 1.807) is 43.4 Å². The van der Waals surface area contributed by atoms with Gasteiger partial charge in [-0.2, -0.15) is 0 Å². The summed E-state index contributed by atoms with van der Waals surface area (Å²) >= 11 is 0. The average Bonchev–Trinajstić information content (AvgIpc) is 2.84. The number of carbonyl (C=O) groups excluding carboxylic acids is 1. The molecule has 2 heterocycles. The second-order valence-electron chi connectivity index (χ2n) is 7.59. The molecule has 0 aliphatic heterocycles. The summed E-state index contributed by atoms with van der Waals surface area (Å²) in [5.74, 6) is 0.129. The van der Waals surface area contributed by atoms with Gasteiger partial charge in [-0.1, -0.05) is 55.6 Å². The number of pyridine rings is 2. The lowest BCUT2D eigenvalue weighted by Gasteiger charge is -2.19. The molecule has 6 nitrogen and oxygen atoms in total. The number of rotatable bonds is 7. The van der Waals surface area contributed by atoms with Crippen LogP contribution in [-0.4, -0.2) is 15.5 Å². The van der Waals surface area contributed by atoms with E-state index in [0.717, 1.165) is 5.69 Å². The lowest BCUT2D eigenvalue weighted by Crippen LogP contribution is -2.19. The maximum Gasteiger partial charge on any atom is 0.274 e. The van der Waals surface area contributed by atoms with Gasteiger partial charge in [0.2, 0.25) is 0 Å². The highest BCUT2D eigenvalue weighted by atomic mass is 16.2. The molecule has 2 N–H and O–H groups in total. The van der Waals surface area contributed by atoms with Crippen LogP contribution in [0.2, 0.25) is 0 Å².